The molecule has 0 aliphatic rings. The number of rotatable bonds is 5. The molecule has 1 heterocycles. The average Bonchev–Trinajstić information content (AvgIpc) is 2.60. The Kier molecular flexibility index (Phi) is 6.34. The number of methoxy groups -OCH3 is 1. The van der Waals surface area contributed by atoms with Gasteiger partial charge < -0.3 is 15.4 Å². The van der Waals surface area contributed by atoms with Crippen LogP contribution in [-0.2, 0) is 9.59 Å². The number of pyridine rings is 1. The molecule has 0 saturated carbocycles. The lowest BCUT2D eigenvalue weighted by molar-refractivity contribution is -0.128. The van der Waals surface area contributed by atoms with E-state index in [2.05, 4.69) is 15.6 Å². The molecule has 142 valence electrons. The van der Waals surface area contributed by atoms with E-state index in [0.29, 0.717) is 17.1 Å². The van der Waals surface area contributed by atoms with Crippen LogP contribution in [0.4, 0.5) is 5.82 Å². The first-order valence-corrected chi connectivity index (χ1v) is 8.61. The minimum absolute atomic E-state index is 0.114. The molecule has 0 radical (unpaired) electrons. The highest BCUT2D eigenvalue weighted by Crippen LogP contribution is 2.21. The van der Waals surface area contributed by atoms with Crippen molar-refractivity contribution in [2.75, 3.05) is 12.4 Å². The number of ether oxygens (including phenoxy) is 1. The van der Waals surface area contributed by atoms with Crippen LogP contribution in [0.1, 0.15) is 31.9 Å². The SMILES string of the molecule is COc1ccccc1/C=C(/NC(=O)C(C)(C)C)C(=O)Nc1cc(C)ccn1. The molecular weight excluding hydrogens is 342 g/mol. The summed E-state index contributed by atoms with van der Waals surface area (Å²) >= 11 is 0. The maximum absolute atomic E-state index is 12.8. The summed E-state index contributed by atoms with van der Waals surface area (Å²) in [4.78, 5) is 29.4. The predicted molar refractivity (Wildman–Crippen MR) is 106 cm³/mol. The maximum Gasteiger partial charge on any atom is 0.273 e. The Morgan fingerprint density at radius 3 is 2.48 bits per heavy atom. The van der Waals surface area contributed by atoms with Crippen molar-refractivity contribution in [2.45, 2.75) is 27.7 Å². The van der Waals surface area contributed by atoms with E-state index in [1.807, 2.05) is 25.1 Å². The number of carbonyl (C=O) groups is 2. The van der Waals surface area contributed by atoms with Crippen molar-refractivity contribution in [1.82, 2.24) is 10.3 Å². The molecule has 0 unspecified atom stereocenters. The van der Waals surface area contributed by atoms with Gasteiger partial charge in [-0.2, -0.15) is 0 Å². The first-order chi connectivity index (χ1) is 12.7. The lowest BCUT2D eigenvalue weighted by Crippen LogP contribution is -2.38. The molecule has 1 aromatic heterocycles. The van der Waals surface area contributed by atoms with Gasteiger partial charge in [0.1, 0.15) is 17.3 Å². The fourth-order valence-electron chi connectivity index (χ4n) is 2.20. The number of anilines is 1. The quantitative estimate of drug-likeness (QED) is 0.792. The molecule has 0 aliphatic heterocycles. The number of amides is 2. The molecule has 6 heteroatoms. The second-order valence-corrected chi connectivity index (χ2v) is 7.18. The van der Waals surface area contributed by atoms with E-state index in [1.54, 1.807) is 58.4 Å². The largest absolute Gasteiger partial charge is 0.496 e. The molecule has 27 heavy (non-hydrogen) atoms. The normalized spacial score (nSPS) is 11.7. The van der Waals surface area contributed by atoms with Crippen LogP contribution in [0.2, 0.25) is 0 Å². The average molecular weight is 367 g/mol. The highest BCUT2D eigenvalue weighted by molar-refractivity contribution is 6.08. The molecule has 0 spiro atoms. The van der Waals surface area contributed by atoms with Crippen LogP contribution in [0.5, 0.6) is 5.75 Å². The number of hydrogen-bond acceptors (Lipinski definition) is 4. The van der Waals surface area contributed by atoms with Gasteiger partial charge in [-0.1, -0.05) is 39.0 Å². The molecule has 2 rings (SSSR count). The van der Waals surface area contributed by atoms with Crippen molar-refractivity contribution in [3.05, 3.63) is 59.4 Å². The smallest absolute Gasteiger partial charge is 0.273 e. The van der Waals surface area contributed by atoms with Gasteiger partial charge in [-0.3, -0.25) is 9.59 Å². The van der Waals surface area contributed by atoms with E-state index in [4.69, 9.17) is 4.74 Å². The van der Waals surface area contributed by atoms with Crippen LogP contribution in [0.15, 0.2) is 48.3 Å². The summed E-state index contributed by atoms with van der Waals surface area (Å²) in [5.41, 5.74) is 1.11. The van der Waals surface area contributed by atoms with Crippen molar-refractivity contribution >= 4 is 23.7 Å². The van der Waals surface area contributed by atoms with Crippen LogP contribution < -0.4 is 15.4 Å². The summed E-state index contributed by atoms with van der Waals surface area (Å²) in [5, 5.41) is 5.44. The highest BCUT2D eigenvalue weighted by atomic mass is 16.5. The number of para-hydroxylation sites is 1. The van der Waals surface area contributed by atoms with Crippen molar-refractivity contribution in [3.63, 3.8) is 0 Å². The molecule has 2 aromatic rings. The molecule has 6 nitrogen and oxygen atoms in total. The summed E-state index contributed by atoms with van der Waals surface area (Å²) in [6, 6.07) is 10.8. The van der Waals surface area contributed by atoms with E-state index >= 15 is 0 Å². The van der Waals surface area contributed by atoms with Crippen LogP contribution in [-0.4, -0.2) is 23.9 Å². The Labute approximate surface area is 159 Å². The van der Waals surface area contributed by atoms with Crippen LogP contribution in [0.25, 0.3) is 6.08 Å². The molecule has 1 aromatic carbocycles. The van der Waals surface area contributed by atoms with E-state index in [0.717, 1.165) is 5.56 Å². The Hall–Kier alpha value is -3.15. The van der Waals surface area contributed by atoms with Crippen molar-refractivity contribution < 1.29 is 14.3 Å². The Balaban J connectivity index is 2.38. The summed E-state index contributed by atoms with van der Waals surface area (Å²) in [6.07, 6.45) is 3.20. The number of nitrogens with zero attached hydrogens (tertiary/aromatic N) is 1. The third-order valence-electron chi connectivity index (χ3n) is 3.77. The van der Waals surface area contributed by atoms with E-state index in [9.17, 15) is 9.59 Å². The van der Waals surface area contributed by atoms with Crippen molar-refractivity contribution in [2.24, 2.45) is 5.41 Å². The van der Waals surface area contributed by atoms with Crippen LogP contribution in [0.3, 0.4) is 0 Å². The fourth-order valence-corrected chi connectivity index (χ4v) is 2.20. The number of nitrogens with one attached hydrogen (secondary N) is 2. The molecule has 0 aliphatic carbocycles. The van der Waals surface area contributed by atoms with Gasteiger partial charge in [0.2, 0.25) is 5.91 Å². The minimum atomic E-state index is -0.651. The second kappa shape index (κ2) is 8.49. The molecule has 0 fully saturated rings. The number of aromatic nitrogens is 1. The van der Waals surface area contributed by atoms with Gasteiger partial charge in [0.05, 0.1) is 7.11 Å². The number of hydrogen-bond donors (Lipinski definition) is 2. The number of benzene rings is 1. The Bertz CT molecular complexity index is 867. The summed E-state index contributed by atoms with van der Waals surface area (Å²) < 4.78 is 5.33. The molecule has 0 saturated heterocycles. The van der Waals surface area contributed by atoms with Crippen LogP contribution >= 0.6 is 0 Å². The van der Waals surface area contributed by atoms with Gasteiger partial charge in [0.15, 0.2) is 0 Å². The second-order valence-electron chi connectivity index (χ2n) is 7.18. The molecule has 0 bridgehead atoms. The first kappa shape index (κ1) is 20.2. The first-order valence-electron chi connectivity index (χ1n) is 8.61. The number of aryl methyl sites for hydroxylation is 1. The minimum Gasteiger partial charge on any atom is -0.496 e. The van der Waals surface area contributed by atoms with Gasteiger partial charge in [-0.15, -0.1) is 0 Å². The van der Waals surface area contributed by atoms with E-state index < -0.39 is 11.3 Å². The molecule has 2 N–H and O–H groups in total. The Morgan fingerprint density at radius 1 is 1.15 bits per heavy atom. The Morgan fingerprint density at radius 2 is 1.85 bits per heavy atom. The lowest BCUT2D eigenvalue weighted by atomic mass is 9.95. The van der Waals surface area contributed by atoms with Gasteiger partial charge in [0.25, 0.3) is 5.91 Å². The van der Waals surface area contributed by atoms with Crippen molar-refractivity contribution in [3.8, 4) is 5.75 Å². The standard InChI is InChI=1S/C21H25N3O3/c1-14-10-11-22-18(12-14)24-19(25)16(23-20(26)21(2,3)4)13-15-8-6-7-9-17(15)27-5/h6-13H,1-5H3,(H,23,26)(H,22,24,25)/b16-13+. The third-order valence-corrected chi connectivity index (χ3v) is 3.77. The van der Waals surface area contributed by atoms with Gasteiger partial charge in [0, 0.05) is 17.2 Å². The summed E-state index contributed by atoms with van der Waals surface area (Å²) in [6.45, 7) is 7.25. The zero-order valence-electron chi connectivity index (χ0n) is 16.3. The van der Waals surface area contributed by atoms with E-state index in [1.165, 1.54) is 0 Å². The zero-order valence-corrected chi connectivity index (χ0v) is 16.3. The van der Waals surface area contributed by atoms with E-state index in [-0.39, 0.29) is 11.6 Å². The number of carbonyl (C=O) groups excluding carboxylic acids is 2. The van der Waals surface area contributed by atoms with Gasteiger partial charge in [-0.25, -0.2) is 4.98 Å². The highest BCUT2D eigenvalue weighted by Gasteiger charge is 2.24. The molecular formula is C21H25N3O3. The molecule has 0 atom stereocenters. The maximum atomic E-state index is 12.8. The van der Waals surface area contributed by atoms with Gasteiger partial charge >= 0.3 is 0 Å². The van der Waals surface area contributed by atoms with Crippen LogP contribution in [0, 0.1) is 12.3 Å². The van der Waals surface area contributed by atoms with Gasteiger partial charge in [-0.05, 0) is 36.8 Å². The fraction of sp³-hybridized carbons (Fsp3) is 0.286. The summed E-state index contributed by atoms with van der Waals surface area (Å²) in [7, 11) is 1.55. The predicted octanol–water partition coefficient (Wildman–Crippen LogP) is 3.54. The third kappa shape index (κ3) is 5.67. The topological polar surface area (TPSA) is 80.3 Å². The summed E-state index contributed by atoms with van der Waals surface area (Å²) in [5.74, 6) is 0.282. The molecule has 2 amide bonds. The monoisotopic (exact) mass is 367 g/mol. The lowest BCUT2D eigenvalue weighted by Gasteiger charge is -2.19. The zero-order chi connectivity index (χ0) is 20.0. The van der Waals surface area contributed by atoms with Crippen molar-refractivity contribution in [1.29, 1.82) is 0 Å².